The average Bonchev–Trinajstić information content (AvgIpc) is 2.60. The SMILES string of the molecule is CN(CCC(N)=S)C(=O)c1ccc(Cl)o1. The maximum atomic E-state index is 11.7. The van der Waals surface area contributed by atoms with Gasteiger partial charge in [0.15, 0.2) is 11.0 Å². The van der Waals surface area contributed by atoms with E-state index in [1.807, 2.05) is 0 Å². The van der Waals surface area contributed by atoms with Gasteiger partial charge in [0.2, 0.25) is 0 Å². The van der Waals surface area contributed by atoms with Gasteiger partial charge in [0.1, 0.15) is 0 Å². The van der Waals surface area contributed by atoms with E-state index in [9.17, 15) is 4.79 Å². The predicted molar refractivity (Wildman–Crippen MR) is 62.1 cm³/mol. The Labute approximate surface area is 98.0 Å². The molecule has 0 aliphatic carbocycles. The lowest BCUT2D eigenvalue weighted by atomic mass is 10.3. The Morgan fingerprint density at radius 2 is 2.33 bits per heavy atom. The highest BCUT2D eigenvalue weighted by Crippen LogP contribution is 2.14. The minimum Gasteiger partial charge on any atom is -0.440 e. The lowest BCUT2D eigenvalue weighted by molar-refractivity contribution is 0.0767. The molecule has 0 aliphatic rings. The first kappa shape index (κ1) is 12.0. The summed E-state index contributed by atoms with van der Waals surface area (Å²) < 4.78 is 4.98. The van der Waals surface area contributed by atoms with Crippen LogP contribution in [0.5, 0.6) is 0 Å². The number of carbonyl (C=O) groups is 1. The van der Waals surface area contributed by atoms with Gasteiger partial charge in [0.05, 0.1) is 4.99 Å². The fourth-order valence-corrected chi connectivity index (χ4v) is 1.23. The standard InChI is InChI=1S/C9H11ClN2O2S/c1-12(5-4-8(11)15)9(13)6-2-3-7(10)14-6/h2-3H,4-5H2,1H3,(H2,11,15). The number of rotatable bonds is 4. The summed E-state index contributed by atoms with van der Waals surface area (Å²) in [5.74, 6) is -0.0245. The van der Waals surface area contributed by atoms with Crippen molar-refractivity contribution in [2.24, 2.45) is 5.73 Å². The summed E-state index contributed by atoms with van der Waals surface area (Å²) in [5, 5.41) is 0.195. The second-order valence-corrected chi connectivity index (χ2v) is 3.94. The fraction of sp³-hybridized carbons (Fsp3) is 0.333. The van der Waals surface area contributed by atoms with Crippen LogP contribution in [0.2, 0.25) is 5.22 Å². The molecule has 4 nitrogen and oxygen atoms in total. The quantitative estimate of drug-likeness (QED) is 0.822. The molecule has 6 heteroatoms. The lowest BCUT2D eigenvalue weighted by Crippen LogP contribution is -2.29. The first-order chi connectivity index (χ1) is 7.00. The molecule has 0 aliphatic heterocycles. The van der Waals surface area contributed by atoms with E-state index >= 15 is 0 Å². The van der Waals surface area contributed by atoms with Crippen molar-refractivity contribution < 1.29 is 9.21 Å². The molecule has 0 atom stereocenters. The highest BCUT2D eigenvalue weighted by molar-refractivity contribution is 7.80. The molecule has 1 rings (SSSR count). The van der Waals surface area contributed by atoms with Crippen LogP contribution in [0.3, 0.4) is 0 Å². The van der Waals surface area contributed by atoms with Gasteiger partial charge in [-0.15, -0.1) is 0 Å². The molecule has 1 aromatic rings. The minimum absolute atomic E-state index is 0.195. The summed E-state index contributed by atoms with van der Waals surface area (Å²) >= 11 is 10.3. The van der Waals surface area contributed by atoms with Crippen LogP contribution in [0.1, 0.15) is 17.0 Å². The average molecular weight is 247 g/mol. The Bertz CT molecular complexity index is 378. The summed E-state index contributed by atoms with van der Waals surface area (Å²) in [4.78, 5) is 13.5. The number of nitrogens with zero attached hydrogens (tertiary/aromatic N) is 1. The van der Waals surface area contributed by atoms with Crippen LogP contribution in [0.4, 0.5) is 0 Å². The zero-order valence-electron chi connectivity index (χ0n) is 8.20. The molecule has 15 heavy (non-hydrogen) atoms. The Morgan fingerprint density at radius 1 is 1.67 bits per heavy atom. The Kier molecular flexibility index (Phi) is 4.11. The minimum atomic E-state index is -0.238. The third-order valence-electron chi connectivity index (χ3n) is 1.82. The number of carbonyl (C=O) groups excluding carboxylic acids is 1. The van der Waals surface area contributed by atoms with Gasteiger partial charge < -0.3 is 15.1 Å². The van der Waals surface area contributed by atoms with Gasteiger partial charge in [-0.25, -0.2) is 0 Å². The Hall–Kier alpha value is -1.07. The second kappa shape index (κ2) is 5.14. The summed E-state index contributed by atoms with van der Waals surface area (Å²) in [6.07, 6.45) is 0.492. The molecule has 1 heterocycles. The maximum Gasteiger partial charge on any atom is 0.289 e. The molecule has 0 saturated heterocycles. The summed E-state index contributed by atoms with van der Waals surface area (Å²) in [7, 11) is 1.65. The molecule has 0 radical (unpaired) electrons. The van der Waals surface area contributed by atoms with E-state index in [4.69, 9.17) is 34.0 Å². The van der Waals surface area contributed by atoms with Crippen molar-refractivity contribution in [2.75, 3.05) is 13.6 Å². The van der Waals surface area contributed by atoms with Crippen LogP contribution in [-0.4, -0.2) is 29.4 Å². The smallest absolute Gasteiger partial charge is 0.289 e. The van der Waals surface area contributed by atoms with Gasteiger partial charge in [-0.3, -0.25) is 4.79 Å². The lowest BCUT2D eigenvalue weighted by Gasteiger charge is -2.14. The van der Waals surface area contributed by atoms with Gasteiger partial charge in [0.25, 0.3) is 5.91 Å². The number of amides is 1. The zero-order valence-corrected chi connectivity index (χ0v) is 9.77. The van der Waals surface area contributed by atoms with E-state index in [2.05, 4.69) is 0 Å². The van der Waals surface area contributed by atoms with Crippen molar-refractivity contribution in [1.29, 1.82) is 0 Å². The molecule has 82 valence electrons. The van der Waals surface area contributed by atoms with Crippen molar-refractivity contribution in [3.63, 3.8) is 0 Å². The van der Waals surface area contributed by atoms with Crippen molar-refractivity contribution in [1.82, 2.24) is 4.90 Å². The number of hydrogen-bond acceptors (Lipinski definition) is 3. The van der Waals surface area contributed by atoms with Crippen LogP contribution in [0.25, 0.3) is 0 Å². The van der Waals surface area contributed by atoms with Crippen LogP contribution in [-0.2, 0) is 0 Å². The van der Waals surface area contributed by atoms with Gasteiger partial charge >= 0.3 is 0 Å². The predicted octanol–water partition coefficient (Wildman–Crippen LogP) is 1.68. The molecule has 0 aromatic carbocycles. The van der Waals surface area contributed by atoms with Crippen LogP contribution >= 0.6 is 23.8 Å². The zero-order chi connectivity index (χ0) is 11.4. The number of furan rings is 1. The Balaban J connectivity index is 2.57. The van der Waals surface area contributed by atoms with E-state index in [0.29, 0.717) is 18.0 Å². The fourth-order valence-electron chi connectivity index (χ4n) is 0.997. The highest BCUT2D eigenvalue weighted by atomic mass is 35.5. The van der Waals surface area contributed by atoms with Crippen LogP contribution in [0, 0.1) is 0 Å². The highest BCUT2D eigenvalue weighted by Gasteiger charge is 2.15. The van der Waals surface area contributed by atoms with E-state index in [1.165, 1.54) is 17.0 Å². The Morgan fingerprint density at radius 3 is 2.80 bits per heavy atom. The topological polar surface area (TPSA) is 59.5 Å². The summed E-state index contributed by atoms with van der Waals surface area (Å²) in [6.45, 7) is 0.465. The molecule has 0 saturated carbocycles. The van der Waals surface area contributed by atoms with Gasteiger partial charge in [-0.2, -0.15) is 0 Å². The molecule has 0 bridgehead atoms. The van der Waals surface area contributed by atoms with Crippen molar-refractivity contribution in [2.45, 2.75) is 6.42 Å². The molecular formula is C9H11ClN2O2S. The molecule has 1 aromatic heterocycles. The van der Waals surface area contributed by atoms with Crippen molar-refractivity contribution in [3.8, 4) is 0 Å². The van der Waals surface area contributed by atoms with E-state index in [-0.39, 0.29) is 16.9 Å². The molecule has 0 fully saturated rings. The van der Waals surface area contributed by atoms with Gasteiger partial charge in [-0.1, -0.05) is 12.2 Å². The molecule has 2 N–H and O–H groups in total. The van der Waals surface area contributed by atoms with Gasteiger partial charge in [-0.05, 0) is 23.7 Å². The monoisotopic (exact) mass is 246 g/mol. The van der Waals surface area contributed by atoms with E-state index in [1.54, 1.807) is 7.05 Å². The first-order valence-electron chi connectivity index (χ1n) is 4.30. The second-order valence-electron chi connectivity index (χ2n) is 3.05. The number of nitrogens with two attached hydrogens (primary N) is 1. The van der Waals surface area contributed by atoms with Crippen molar-refractivity contribution >= 4 is 34.7 Å². The normalized spacial score (nSPS) is 10.0. The van der Waals surface area contributed by atoms with Gasteiger partial charge in [0, 0.05) is 20.0 Å². The summed E-state index contributed by atoms with van der Waals surface area (Å²) in [5.41, 5.74) is 5.33. The third-order valence-corrected chi connectivity index (χ3v) is 2.23. The maximum absolute atomic E-state index is 11.7. The molecular weight excluding hydrogens is 236 g/mol. The largest absolute Gasteiger partial charge is 0.440 e. The first-order valence-corrected chi connectivity index (χ1v) is 5.08. The van der Waals surface area contributed by atoms with Crippen LogP contribution < -0.4 is 5.73 Å². The van der Waals surface area contributed by atoms with E-state index in [0.717, 1.165) is 0 Å². The summed E-state index contributed by atoms with van der Waals surface area (Å²) in [6, 6.07) is 3.05. The number of thiocarbonyl (C=S) groups is 1. The third kappa shape index (κ3) is 3.53. The van der Waals surface area contributed by atoms with Crippen molar-refractivity contribution in [3.05, 3.63) is 23.1 Å². The number of halogens is 1. The molecule has 0 spiro atoms. The number of hydrogen-bond donors (Lipinski definition) is 1. The molecule has 0 unspecified atom stereocenters. The van der Waals surface area contributed by atoms with E-state index < -0.39 is 0 Å². The molecule has 1 amide bonds. The van der Waals surface area contributed by atoms with Crippen LogP contribution in [0.15, 0.2) is 16.5 Å².